The molecule has 102 valence electrons. The normalized spacial score (nSPS) is 15.4. The van der Waals surface area contributed by atoms with Crippen molar-refractivity contribution in [2.24, 2.45) is 4.99 Å². The van der Waals surface area contributed by atoms with Gasteiger partial charge in [0.25, 0.3) is 0 Å². The molecule has 0 saturated carbocycles. The van der Waals surface area contributed by atoms with Gasteiger partial charge in [-0.2, -0.15) is 0 Å². The second kappa shape index (κ2) is 6.19. The Morgan fingerprint density at radius 1 is 1.00 bits per heavy atom. The molecule has 0 amide bonds. The molecule has 0 spiro atoms. The topological polar surface area (TPSA) is 40.5 Å². The van der Waals surface area contributed by atoms with Crippen molar-refractivity contribution in [3.05, 3.63) is 54.7 Å². The fraction of sp³-hybridized carbons (Fsp3) is 0.250. The van der Waals surface area contributed by atoms with Gasteiger partial charge >= 0.3 is 0 Å². The number of guanidine groups is 1. The molecule has 1 saturated heterocycles. The Hall–Kier alpha value is -2.36. The summed E-state index contributed by atoms with van der Waals surface area (Å²) in [6.45, 7) is 2.09. The lowest BCUT2D eigenvalue weighted by molar-refractivity contribution is 0.518. The van der Waals surface area contributed by atoms with E-state index in [1.807, 2.05) is 48.5 Å². The maximum Gasteiger partial charge on any atom is 0.204 e. The molecule has 1 N–H and O–H groups in total. The number of aromatic nitrogens is 1. The fourth-order valence-electron chi connectivity index (χ4n) is 2.28. The number of nitrogens with zero attached hydrogens (tertiary/aromatic N) is 3. The molecule has 1 aromatic carbocycles. The maximum atomic E-state index is 4.73. The molecule has 1 aromatic heterocycles. The fourth-order valence-corrected chi connectivity index (χ4v) is 2.28. The molecule has 4 heteroatoms. The van der Waals surface area contributed by atoms with Gasteiger partial charge in [-0.15, -0.1) is 0 Å². The second-order valence-corrected chi connectivity index (χ2v) is 4.81. The SMILES string of the molecule is c1ccc(N=C(Nc2ccccn2)N2CCCC2)cc1. The van der Waals surface area contributed by atoms with Gasteiger partial charge in [-0.1, -0.05) is 24.3 Å². The van der Waals surface area contributed by atoms with E-state index in [-0.39, 0.29) is 0 Å². The number of rotatable bonds is 2. The first-order valence-electron chi connectivity index (χ1n) is 6.98. The van der Waals surface area contributed by atoms with Crippen molar-refractivity contribution in [1.82, 2.24) is 9.88 Å². The molecule has 1 aliphatic heterocycles. The summed E-state index contributed by atoms with van der Waals surface area (Å²) in [6.07, 6.45) is 4.22. The third-order valence-electron chi connectivity index (χ3n) is 3.30. The largest absolute Gasteiger partial charge is 0.342 e. The van der Waals surface area contributed by atoms with Crippen LogP contribution in [-0.4, -0.2) is 28.9 Å². The zero-order valence-corrected chi connectivity index (χ0v) is 11.4. The van der Waals surface area contributed by atoms with Gasteiger partial charge in [0.05, 0.1) is 5.69 Å². The first-order valence-corrected chi connectivity index (χ1v) is 6.98. The molecule has 1 aliphatic rings. The van der Waals surface area contributed by atoms with Gasteiger partial charge in [0.1, 0.15) is 5.82 Å². The molecule has 0 atom stereocenters. The van der Waals surface area contributed by atoms with Crippen LogP contribution in [0.1, 0.15) is 12.8 Å². The number of hydrogen-bond acceptors (Lipinski definition) is 2. The van der Waals surface area contributed by atoms with Crippen LogP contribution in [0.4, 0.5) is 11.5 Å². The predicted octanol–water partition coefficient (Wildman–Crippen LogP) is 3.28. The highest BCUT2D eigenvalue weighted by Gasteiger charge is 2.16. The van der Waals surface area contributed by atoms with E-state index in [9.17, 15) is 0 Å². The minimum absolute atomic E-state index is 0.828. The van der Waals surface area contributed by atoms with Gasteiger partial charge in [0, 0.05) is 19.3 Å². The highest BCUT2D eigenvalue weighted by molar-refractivity contribution is 5.94. The van der Waals surface area contributed by atoms with Crippen molar-refractivity contribution in [3.63, 3.8) is 0 Å². The predicted molar refractivity (Wildman–Crippen MR) is 82.2 cm³/mol. The summed E-state index contributed by atoms with van der Waals surface area (Å²) in [5, 5.41) is 3.33. The number of nitrogens with one attached hydrogen (secondary N) is 1. The number of pyridine rings is 1. The van der Waals surface area contributed by atoms with Crippen molar-refractivity contribution >= 4 is 17.5 Å². The van der Waals surface area contributed by atoms with E-state index in [1.54, 1.807) is 6.20 Å². The first-order chi connectivity index (χ1) is 9.92. The summed E-state index contributed by atoms with van der Waals surface area (Å²) in [4.78, 5) is 11.3. The summed E-state index contributed by atoms with van der Waals surface area (Å²) in [6, 6.07) is 15.9. The van der Waals surface area contributed by atoms with Crippen LogP contribution >= 0.6 is 0 Å². The van der Waals surface area contributed by atoms with Gasteiger partial charge in [-0.05, 0) is 37.1 Å². The lowest BCUT2D eigenvalue weighted by atomic mass is 10.3. The van der Waals surface area contributed by atoms with Crippen molar-refractivity contribution < 1.29 is 0 Å². The second-order valence-electron chi connectivity index (χ2n) is 4.81. The summed E-state index contributed by atoms with van der Waals surface area (Å²) in [5.41, 5.74) is 0.956. The average Bonchev–Trinajstić information content (AvgIpc) is 3.03. The monoisotopic (exact) mass is 266 g/mol. The molecule has 1 fully saturated rings. The van der Waals surface area contributed by atoms with E-state index >= 15 is 0 Å². The highest BCUT2D eigenvalue weighted by atomic mass is 15.3. The number of hydrogen-bond donors (Lipinski definition) is 1. The van der Waals surface area contributed by atoms with Crippen molar-refractivity contribution in [3.8, 4) is 0 Å². The summed E-state index contributed by atoms with van der Waals surface area (Å²) in [7, 11) is 0. The molecule has 0 bridgehead atoms. The van der Waals surface area contributed by atoms with Crippen LogP contribution in [0.25, 0.3) is 0 Å². The highest BCUT2D eigenvalue weighted by Crippen LogP contribution is 2.16. The van der Waals surface area contributed by atoms with Gasteiger partial charge in [0.2, 0.25) is 5.96 Å². The van der Waals surface area contributed by atoms with Crippen LogP contribution in [0.15, 0.2) is 59.7 Å². The molecule has 2 aromatic rings. The van der Waals surface area contributed by atoms with Crippen molar-refractivity contribution in [2.45, 2.75) is 12.8 Å². The maximum absolute atomic E-state index is 4.73. The molecule has 3 rings (SSSR count). The molecule has 0 unspecified atom stereocenters. The van der Waals surface area contributed by atoms with Crippen LogP contribution in [0.3, 0.4) is 0 Å². The van der Waals surface area contributed by atoms with Crippen molar-refractivity contribution in [2.75, 3.05) is 18.4 Å². The quantitative estimate of drug-likeness (QED) is 0.670. The van der Waals surface area contributed by atoms with Crippen LogP contribution in [0.5, 0.6) is 0 Å². The summed E-state index contributed by atoms with van der Waals surface area (Å²) < 4.78 is 0. The Labute approximate surface area is 119 Å². The third kappa shape index (κ3) is 3.15. The molecule has 2 heterocycles. The lowest BCUT2D eigenvalue weighted by Crippen LogP contribution is -2.34. The van der Waals surface area contributed by atoms with Gasteiger partial charge in [-0.25, -0.2) is 9.98 Å². The van der Waals surface area contributed by atoms with Gasteiger partial charge < -0.3 is 10.2 Å². The van der Waals surface area contributed by atoms with Crippen LogP contribution in [-0.2, 0) is 0 Å². The van der Waals surface area contributed by atoms with Gasteiger partial charge in [0.15, 0.2) is 0 Å². The van der Waals surface area contributed by atoms with E-state index in [4.69, 9.17) is 4.99 Å². The van der Waals surface area contributed by atoms with E-state index < -0.39 is 0 Å². The number of likely N-dealkylation sites (tertiary alicyclic amines) is 1. The third-order valence-corrected chi connectivity index (χ3v) is 3.30. The minimum atomic E-state index is 0.828. The zero-order valence-electron chi connectivity index (χ0n) is 11.4. The Morgan fingerprint density at radius 3 is 2.45 bits per heavy atom. The van der Waals surface area contributed by atoms with E-state index in [0.29, 0.717) is 0 Å². The summed E-state index contributed by atoms with van der Waals surface area (Å²) in [5.74, 6) is 1.71. The average molecular weight is 266 g/mol. The van der Waals surface area contributed by atoms with Crippen LogP contribution in [0.2, 0.25) is 0 Å². The molecular weight excluding hydrogens is 248 g/mol. The Morgan fingerprint density at radius 2 is 1.75 bits per heavy atom. The number of aliphatic imine (C=N–C) groups is 1. The molecule has 0 aliphatic carbocycles. The first kappa shape index (κ1) is 12.7. The van der Waals surface area contributed by atoms with E-state index in [1.165, 1.54) is 12.8 Å². The van der Waals surface area contributed by atoms with Crippen molar-refractivity contribution in [1.29, 1.82) is 0 Å². The Balaban J connectivity index is 1.86. The zero-order chi connectivity index (χ0) is 13.6. The minimum Gasteiger partial charge on any atom is -0.342 e. The molecule has 20 heavy (non-hydrogen) atoms. The van der Waals surface area contributed by atoms with Crippen LogP contribution < -0.4 is 5.32 Å². The molecule has 0 radical (unpaired) electrons. The molecule has 4 nitrogen and oxygen atoms in total. The number of benzene rings is 1. The summed E-state index contributed by atoms with van der Waals surface area (Å²) >= 11 is 0. The lowest BCUT2D eigenvalue weighted by Gasteiger charge is -2.20. The Kier molecular flexibility index (Phi) is 3.92. The number of anilines is 1. The van der Waals surface area contributed by atoms with Crippen LogP contribution in [0, 0.1) is 0 Å². The number of para-hydroxylation sites is 1. The van der Waals surface area contributed by atoms with Gasteiger partial charge in [-0.3, -0.25) is 0 Å². The molecular formula is C16H18N4. The Bertz CT molecular complexity index is 560. The van der Waals surface area contributed by atoms with E-state index in [0.717, 1.165) is 30.6 Å². The standard InChI is InChI=1S/C16H18N4/c1-2-8-14(9-3-1)18-16(20-12-6-7-13-20)19-15-10-4-5-11-17-15/h1-5,8-11H,6-7,12-13H2,(H,17,18,19). The smallest absolute Gasteiger partial charge is 0.204 e. The van der Waals surface area contributed by atoms with E-state index in [2.05, 4.69) is 15.2 Å².